The van der Waals surface area contributed by atoms with Gasteiger partial charge in [0.2, 0.25) is 17.8 Å². The Bertz CT molecular complexity index is 951. The molecule has 8 nitrogen and oxygen atoms in total. The van der Waals surface area contributed by atoms with E-state index in [-0.39, 0.29) is 36.6 Å². The van der Waals surface area contributed by atoms with E-state index in [1.165, 1.54) is 0 Å². The number of nitrogens with zero attached hydrogens (tertiary/aromatic N) is 5. The van der Waals surface area contributed by atoms with Crippen molar-refractivity contribution in [2.45, 2.75) is 58.7 Å². The van der Waals surface area contributed by atoms with Gasteiger partial charge >= 0.3 is 0 Å². The second kappa shape index (κ2) is 7.48. The summed E-state index contributed by atoms with van der Waals surface area (Å²) in [5.74, 6) is -1.30. The third-order valence-corrected chi connectivity index (χ3v) is 5.73. The minimum Gasteiger partial charge on any atom is -0.350 e. The van der Waals surface area contributed by atoms with Gasteiger partial charge in [-0.05, 0) is 18.8 Å². The summed E-state index contributed by atoms with van der Waals surface area (Å²) >= 11 is 0. The van der Waals surface area contributed by atoms with Crippen molar-refractivity contribution in [1.29, 1.82) is 0 Å². The molecular formula is C20H27F2N7O. The lowest BCUT2D eigenvalue weighted by Crippen LogP contribution is -2.49. The van der Waals surface area contributed by atoms with Gasteiger partial charge in [0.05, 0.1) is 11.9 Å². The van der Waals surface area contributed by atoms with Gasteiger partial charge in [0.1, 0.15) is 11.7 Å². The first-order chi connectivity index (χ1) is 14.1. The van der Waals surface area contributed by atoms with Gasteiger partial charge in [-0.2, -0.15) is 10.1 Å². The van der Waals surface area contributed by atoms with E-state index >= 15 is 0 Å². The minimum atomic E-state index is -2.51. The molecule has 0 radical (unpaired) electrons. The molecule has 2 aromatic heterocycles. The van der Waals surface area contributed by atoms with Gasteiger partial charge in [0.15, 0.2) is 5.82 Å². The summed E-state index contributed by atoms with van der Waals surface area (Å²) in [6.45, 7) is 6.80. The molecule has 2 aromatic rings. The summed E-state index contributed by atoms with van der Waals surface area (Å²) < 4.78 is 27.7. The molecule has 0 bridgehead atoms. The first-order valence-electron chi connectivity index (χ1n) is 10.2. The smallest absolute Gasteiger partial charge is 0.248 e. The summed E-state index contributed by atoms with van der Waals surface area (Å²) in [5, 5.41) is 10.4. The lowest BCUT2D eigenvalue weighted by molar-refractivity contribution is -0.118. The lowest BCUT2D eigenvalue weighted by atomic mass is 9.81. The SMILES string of the molecule is Cc1nc(NCc2cnn(CC3CC(F)(F)C3)c2)nc2c1NC(=O)[C@H](C(C)C)N2C. The molecule has 4 rings (SSSR count). The maximum absolute atomic E-state index is 13.0. The average molecular weight is 419 g/mol. The highest BCUT2D eigenvalue weighted by Gasteiger charge is 2.45. The van der Waals surface area contributed by atoms with E-state index in [1.54, 1.807) is 10.9 Å². The van der Waals surface area contributed by atoms with Gasteiger partial charge in [0.25, 0.3) is 0 Å². The van der Waals surface area contributed by atoms with E-state index in [0.717, 1.165) is 5.56 Å². The number of hydrogen-bond acceptors (Lipinski definition) is 6. The van der Waals surface area contributed by atoms with Crippen LogP contribution in [-0.4, -0.2) is 44.7 Å². The molecule has 1 fully saturated rings. The zero-order chi connectivity index (χ0) is 21.6. The average Bonchev–Trinajstić information content (AvgIpc) is 3.07. The van der Waals surface area contributed by atoms with Crippen LogP contribution in [-0.2, 0) is 17.9 Å². The van der Waals surface area contributed by atoms with E-state index < -0.39 is 5.92 Å². The van der Waals surface area contributed by atoms with E-state index in [4.69, 9.17) is 0 Å². The molecule has 2 aliphatic rings. The quantitative estimate of drug-likeness (QED) is 0.748. The molecular weight excluding hydrogens is 392 g/mol. The molecule has 10 heteroatoms. The van der Waals surface area contributed by atoms with Gasteiger partial charge in [-0.3, -0.25) is 9.48 Å². The Labute approximate surface area is 174 Å². The zero-order valence-electron chi connectivity index (χ0n) is 17.6. The Morgan fingerprint density at radius 3 is 2.73 bits per heavy atom. The predicted molar refractivity (Wildman–Crippen MR) is 110 cm³/mol. The number of carbonyl (C=O) groups excluding carboxylic acids is 1. The standard InChI is InChI=1S/C20H27F2N7O/c1-11(2)16-18(30)26-15-12(3)25-19(27-17(15)28(16)4)23-7-14-8-24-29(10-14)9-13-5-20(21,22)6-13/h8,10-11,13,16H,5-7,9H2,1-4H3,(H,26,30)(H,23,25,27)/t16-/m0/s1. The maximum atomic E-state index is 13.0. The summed E-state index contributed by atoms with van der Waals surface area (Å²) in [5.41, 5.74) is 2.24. The highest BCUT2D eigenvalue weighted by Crippen LogP contribution is 2.43. The molecule has 1 amide bonds. The van der Waals surface area contributed by atoms with Crippen LogP contribution in [0.3, 0.4) is 0 Å². The number of halogens is 2. The number of aromatic nitrogens is 4. The predicted octanol–water partition coefficient (Wildman–Crippen LogP) is 3.05. The van der Waals surface area contributed by atoms with Crippen molar-refractivity contribution in [2.75, 3.05) is 22.6 Å². The fourth-order valence-corrected chi connectivity index (χ4v) is 4.25. The Morgan fingerprint density at radius 2 is 2.07 bits per heavy atom. The number of nitrogens with one attached hydrogen (secondary N) is 2. The molecule has 0 saturated heterocycles. The molecule has 162 valence electrons. The molecule has 1 aliphatic heterocycles. The van der Waals surface area contributed by atoms with Gasteiger partial charge < -0.3 is 15.5 Å². The van der Waals surface area contributed by atoms with E-state index in [9.17, 15) is 13.6 Å². The van der Waals surface area contributed by atoms with Crippen LogP contribution >= 0.6 is 0 Å². The first-order valence-corrected chi connectivity index (χ1v) is 10.2. The molecule has 3 heterocycles. The molecule has 30 heavy (non-hydrogen) atoms. The highest BCUT2D eigenvalue weighted by molar-refractivity contribution is 6.03. The van der Waals surface area contributed by atoms with Gasteiger partial charge in [0, 0.05) is 44.7 Å². The Morgan fingerprint density at radius 1 is 1.33 bits per heavy atom. The van der Waals surface area contributed by atoms with Gasteiger partial charge in [-0.25, -0.2) is 13.8 Å². The number of alkyl halides is 2. The normalized spacial score (nSPS) is 20.7. The number of anilines is 3. The molecule has 0 unspecified atom stereocenters. The van der Waals surface area contributed by atoms with E-state index in [0.29, 0.717) is 36.2 Å². The van der Waals surface area contributed by atoms with E-state index in [1.807, 2.05) is 38.9 Å². The van der Waals surface area contributed by atoms with Crippen LogP contribution in [0.5, 0.6) is 0 Å². The Balaban J connectivity index is 1.43. The highest BCUT2D eigenvalue weighted by atomic mass is 19.3. The van der Waals surface area contributed by atoms with Crippen LogP contribution in [0.15, 0.2) is 12.4 Å². The number of likely N-dealkylation sites (N-methyl/N-ethyl adjacent to an activating group) is 1. The molecule has 2 N–H and O–H groups in total. The van der Waals surface area contributed by atoms with Crippen molar-refractivity contribution in [3.63, 3.8) is 0 Å². The topological polar surface area (TPSA) is 88.0 Å². The van der Waals surface area contributed by atoms with Crippen molar-refractivity contribution >= 4 is 23.4 Å². The number of fused-ring (bicyclic) bond motifs is 1. The largest absolute Gasteiger partial charge is 0.350 e. The van der Waals surface area contributed by atoms with Crippen LogP contribution < -0.4 is 15.5 Å². The summed E-state index contributed by atoms with van der Waals surface area (Å²) in [7, 11) is 1.87. The van der Waals surface area contributed by atoms with Gasteiger partial charge in [-0.1, -0.05) is 13.8 Å². The van der Waals surface area contributed by atoms with Crippen LogP contribution in [0.1, 0.15) is 37.9 Å². The number of rotatable bonds is 6. The van der Waals surface area contributed by atoms with Crippen molar-refractivity contribution in [3.05, 3.63) is 23.7 Å². The molecule has 1 aliphatic carbocycles. The van der Waals surface area contributed by atoms with Crippen molar-refractivity contribution in [2.24, 2.45) is 11.8 Å². The lowest BCUT2D eigenvalue weighted by Gasteiger charge is -2.36. The molecule has 1 saturated carbocycles. The summed E-state index contributed by atoms with van der Waals surface area (Å²) in [6.07, 6.45) is 3.44. The van der Waals surface area contributed by atoms with Crippen LogP contribution in [0.2, 0.25) is 0 Å². The fraction of sp³-hybridized carbons (Fsp3) is 0.600. The van der Waals surface area contributed by atoms with Crippen molar-refractivity contribution in [3.8, 4) is 0 Å². The maximum Gasteiger partial charge on any atom is 0.248 e. The van der Waals surface area contributed by atoms with Crippen molar-refractivity contribution in [1.82, 2.24) is 19.7 Å². The third-order valence-electron chi connectivity index (χ3n) is 5.73. The molecule has 1 atom stereocenters. The second-order valence-corrected chi connectivity index (χ2v) is 8.67. The number of hydrogen-bond donors (Lipinski definition) is 2. The fourth-order valence-electron chi connectivity index (χ4n) is 4.25. The summed E-state index contributed by atoms with van der Waals surface area (Å²) in [4.78, 5) is 23.4. The zero-order valence-corrected chi connectivity index (χ0v) is 17.6. The van der Waals surface area contributed by atoms with E-state index in [2.05, 4.69) is 25.7 Å². The van der Waals surface area contributed by atoms with Crippen molar-refractivity contribution < 1.29 is 13.6 Å². The Hall–Kier alpha value is -2.78. The van der Waals surface area contributed by atoms with Crippen LogP contribution in [0.25, 0.3) is 0 Å². The van der Waals surface area contributed by atoms with Crippen LogP contribution in [0.4, 0.5) is 26.2 Å². The first kappa shape index (κ1) is 20.5. The Kier molecular flexibility index (Phi) is 5.11. The number of aryl methyl sites for hydroxylation is 1. The third kappa shape index (κ3) is 3.95. The minimum absolute atomic E-state index is 0.0213. The van der Waals surface area contributed by atoms with Gasteiger partial charge in [-0.15, -0.1) is 0 Å². The summed E-state index contributed by atoms with van der Waals surface area (Å²) in [6, 6.07) is -0.295. The molecule has 0 aromatic carbocycles. The van der Waals surface area contributed by atoms with Crippen LogP contribution in [0, 0.1) is 18.8 Å². The monoisotopic (exact) mass is 419 g/mol. The second-order valence-electron chi connectivity index (χ2n) is 8.67. The number of carbonyl (C=O) groups is 1. The number of amides is 1. The molecule has 0 spiro atoms.